The van der Waals surface area contributed by atoms with Gasteiger partial charge in [0.1, 0.15) is 0 Å². The fourth-order valence-corrected chi connectivity index (χ4v) is 8.11. The molecule has 3 heterocycles. The molecule has 0 fully saturated rings. The Hall–Kier alpha value is -5.64. The topological polar surface area (TPSA) is 17.8 Å². The van der Waals surface area contributed by atoms with Gasteiger partial charge in [-0.15, -0.1) is 0 Å². The van der Waals surface area contributed by atoms with E-state index >= 15 is 0 Å². The van der Waals surface area contributed by atoms with Gasteiger partial charge in [0.15, 0.2) is 0 Å². The first-order valence-corrected chi connectivity index (χ1v) is 16.8. The van der Waals surface area contributed by atoms with Crippen LogP contribution in [-0.2, 0) is 0 Å². The highest BCUT2D eigenvalue weighted by Crippen LogP contribution is 2.52. The fourth-order valence-electron chi connectivity index (χ4n) is 7.02. The van der Waals surface area contributed by atoms with E-state index < -0.39 is 0 Å². The van der Waals surface area contributed by atoms with Gasteiger partial charge in [-0.3, -0.25) is 0 Å². The molecule has 9 rings (SSSR count). The fraction of sp³-hybridized carbons (Fsp3) is 0.0227. The van der Waals surface area contributed by atoms with Gasteiger partial charge in [-0.25, -0.2) is 4.98 Å². The van der Waals surface area contributed by atoms with Crippen molar-refractivity contribution in [2.45, 2.75) is 16.7 Å². The molecule has 222 valence electrons. The highest BCUT2D eigenvalue weighted by Gasteiger charge is 2.27. The lowest BCUT2D eigenvalue weighted by molar-refractivity contribution is 1.13. The van der Waals surface area contributed by atoms with E-state index in [1.54, 1.807) is 0 Å². The van der Waals surface area contributed by atoms with Crippen LogP contribution in [0.3, 0.4) is 0 Å². The van der Waals surface area contributed by atoms with Crippen LogP contribution in [0.15, 0.2) is 174 Å². The quantitative estimate of drug-likeness (QED) is 0.195. The first kappa shape index (κ1) is 27.7. The standard InChI is InChI=1S/C44H30N2S/c1-29-37(30-15-4-2-5-16-30)28-38(45-43(29)31-17-6-3-7-18-31)32-19-14-20-33(27-32)46-39-24-11-8-21-34(39)42-35-22-9-12-25-40(35)47-41-26-13-10-23-36(41)44(42)46/h2-28H,1H3. The van der Waals surface area contributed by atoms with Gasteiger partial charge in [-0.2, -0.15) is 0 Å². The number of nitrogens with zero attached hydrogens (tertiary/aromatic N) is 2. The van der Waals surface area contributed by atoms with Crippen LogP contribution in [0.25, 0.3) is 72.6 Å². The second kappa shape index (κ2) is 11.3. The average molecular weight is 619 g/mol. The third-order valence-electron chi connectivity index (χ3n) is 9.20. The molecule has 0 atom stereocenters. The Balaban J connectivity index is 1.31. The van der Waals surface area contributed by atoms with Gasteiger partial charge in [0.05, 0.1) is 22.6 Å². The monoisotopic (exact) mass is 618 g/mol. The maximum Gasteiger partial charge on any atom is 0.0744 e. The molecule has 3 heteroatoms. The molecular weight excluding hydrogens is 589 g/mol. The van der Waals surface area contributed by atoms with E-state index in [0.717, 1.165) is 28.2 Å². The Morgan fingerprint density at radius 1 is 0.511 bits per heavy atom. The molecule has 0 radical (unpaired) electrons. The predicted octanol–water partition coefficient (Wildman–Crippen LogP) is 12.1. The summed E-state index contributed by atoms with van der Waals surface area (Å²) in [6, 6.07) is 58.8. The maximum atomic E-state index is 5.34. The van der Waals surface area contributed by atoms with Crippen molar-refractivity contribution >= 4 is 22.7 Å². The summed E-state index contributed by atoms with van der Waals surface area (Å²) in [7, 11) is 0. The summed E-state index contributed by atoms with van der Waals surface area (Å²) in [6.07, 6.45) is 0. The highest BCUT2D eigenvalue weighted by molar-refractivity contribution is 7.99. The Bertz CT molecular complexity index is 2380. The number of aromatic nitrogens is 2. The van der Waals surface area contributed by atoms with Crippen molar-refractivity contribution in [3.63, 3.8) is 0 Å². The smallest absolute Gasteiger partial charge is 0.0744 e. The lowest BCUT2D eigenvalue weighted by Gasteiger charge is -2.17. The first-order valence-electron chi connectivity index (χ1n) is 16.0. The van der Waals surface area contributed by atoms with Crippen molar-refractivity contribution in [1.82, 2.24) is 9.55 Å². The van der Waals surface area contributed by atoms with Crippen LogP contribution in [0.4, 0.5) is 0 Å². The summed E-state index contributed by atoms with van der Waals surface area (Å²) in [5.41, 5.74) is 15.1. The molecule has 0 aliphatic carbocycles. The molecule has 2 nitrogen and oxygen atoms in total. The van der Waals surface area contributed by atoms with Crippen LogP contribution in [0.2, 0.25) is 0 Å². The van der Waals surface area contributed by atoms with Gasteiger partial charge < -0.3 is 4.57 Å². The van der Waals surface area contributed by atoms with Crippen LogP contribution >= 0.6 is 11.8 Å². The van der Waals surface area contributed by atoms with Gasteiger partial charge in [0.2, 0.25) is 0 Å². The summed E-state index contributed by atoms with van der Waals surface area (Å²) in [4.78, 5) is 7.88. The molecule has 2 aromatic heterocycles. The highest BCUT2D eigenvalue weighted by atomic mass is 32.2. The lowest BCUT2D eigenvalue weighted by atomic mass is 9.94. The second-order valence-electron chi connectivity index (χ2n) is 12.0. The Morgan fingerprint density at radius 3 is 1.91 bits per heavy atom. The number of rotatable bonds is 4. The number of fused-ring (bicyclic) bond motifs is 7. The average Bonchev–Trinajstić information content (AvgIpc) is 3.40. The van der Waals surface area contributed by atoms with Gasteiger partial charge in [-0.1, -0.05) is 139 Å². The number of hydrogen-bond acceptors (Lipinski definition) is 2. The molecule has 1 aliphatic heterocycles. The third kappa shape index (κ3) is 4.62. The number of pyridine rings is 1. The largest absolute Gasteiger partial charge is 0.309 e. The summed E-state index contributed by atoms with van der Waals surface area (Å²) in [5, 5.41) is 1.25. The lowest BCUT2D eigenvalue weighted by Crippen LogP contribution is -2.00. The minimum absolute atomic E-state index is 0.957. The molecule has 6 aromatic carbocycles. The Labute approximate surface area is 279 Å². The van der Waals surface area contributed by atoms with E-state index in [-0.39, 0.29) is 0 Å². The molecule has 0 unspecified atom stereocenters. The van der Waals surface area contributed by atoms with Gasteiger partial charge in [0, 0.05) is 43.1 Å². The molecule has 0 saturated heterocycles. The second-order valence-corrected chi connectivity index (χ2v) is 13.1. The number of hydrogen-bond donors (Lipinski definition) is 0. The van der Waals surface area contributed by atoms with E-state index in [9.17, 15) is 0 Å². The number of para-hydroxylation sites is 1. The van der Waals surface area contributed by atoms with Crippen LogP contribution in [0, 0.1) is 6.92 Å². The minimum Gasteiger partial charge on any atom is -0.309 e. The molecular formula is C44H30N2S. The maximum absolute atomic E-state index is 5.34. The zero-order valence-corrected chi connectivity index (χ0v) is 26.7. The molecule has 0 spiro atoms. The molecule has 47 heavy (non-hydrogen) atoms. The molecule has 1 aliphatic rings. The molecule has 0 N–H and O–H groups in total. The van der Waals surface area contributed by atoms with Crippen molar-refractivity contribution in [2.75, 3.05) is 0 Å². The SMILES string of the molecule is Cc1c(-c2ccccc2)cc(-c2cccc(-n3c4c(c5ccccc53)-c3ccccc3Sc3ccccc3-4)c2)nc1-c1ccccc1. The Kier molecular flexibility index (Phi) is 6.65. The predicted molar refractivity (Wildman–Crippen MR) is 197 cm³/mol. The van der Waals surface area contributed by atoms with Crippen molar-refractivity contribution in [2.24, 2.45) is 0 Å². The van der Waals surface area contributed by atoms with Gasteiger partial charge in [-0.05, 0) is 65.6 Å². The van der Waals surface area contributed by atoms with Crippen molar-refractivity contribution in [1.29, 1.82) is 0 Å². The number of benzene rings is 6. The van der Waals surface area contributed by atoms with E-state index in [1.807, 2.05) is 11.8 Å². The Morgan fingerprint density at radius 2 is 1.13 bits per heavy atom. The summed E-state index contributed by atoms with van der Waals surface area (Å²) >= 11 is 1.85. The van der Waals surface area contributed by atoms with E-state index in [0.29, 0.717) is 0 Å². The molecule has 8 aromatic rings. The van der Waals surface area contributed by atoms with Crippen molar-refractivity contribution < 1.29 is 0 Å². The molecule has 0 saturated carbocycles. The normalized spacial score (nSPS) is 11.9. The van der Waals surface area contributed by atoms with E-state index in [4.69, 9.17) is 4.98 Å². The van der Waals surface area contributed by atoms with Crippen LogP contribution in [0.1, 0.15) is 5.56 Å². The zero-order valence-electron chi connectivity index (χ0n) is 25.9. The van der Waals surface area contributed by atoms with Crippen LogP contribution < -0.4 is 0 Å². The van der Waals surface area contributed by atoms with E-state index in [1.165, 1.54) is 59.8 Å². The van der Waals surface area contributed by atoms with Crippen LogP contribution in [0.5, 0.6) is 0 Å². The van der Waals surface area contributed by atoms with Gasteiger partial charge >= 0.3 is 0 Å². The zero-order chi connectivity index (χ0) is 31.3. The van der Waals surface area contributed by atoms with Crippen molar-refractivity contribution in [3.8, 4) is 61.7 Å². The molecule has 0 bridgehead atoms. The first-order chi connectivity index (χ1) is 23.2. The van der Waals surface area contributed by atoms with Gasteiger partial charge in [0.25, 0.3) is 0 Å². The summed E-state index contributed by atoms with van der Waals surface area (Å²) in [6.45, 7) is 2.19. The van der Waals surface area contributed by atoms with Crippen LogP contribution in [-0.4, -0.2) is 9.55 Å². The summed E-state index contributed by atoms with van der Waals surface area (Å²) in [5.74, 6) is 0. The third-order valence-corrected chi connectivity index (χ3v) is 10.3. The molecule has 0 amide bonds. The van der Waals surface area contributed by atoms with E-state index in [2.05, 4.69) is 175 Å². The summed E-state index contributed by atoms with van der Waals surface area (Å²) < 4.78 is 2.46. The minimum atomic E-state index is 0.957. The van der Waals surface area contributed by atoms with Crippen molar-refractivity contribution in [3.05, 3.63) is 169 Å².